The lowest BCUT2D eigenvalue weighted by molar-refractivity contribution is -0.120. The number of allylic oxidation sites excluding steroid dienone is 2. The molecule has 194 valence electrons. The molecule has 2 fully saturated rings. The van der Waals surface area contributed by atoms with Gasteiger partial charge in [0, 0.05) is 36.2 Å². The highest BCUT2D eigenvalue weighted by Gasteiger charge is 2.36. The van der Waals surface area contributed by atoms with Gasteiger partial charge in [-0.25, -0.2) is 9.79 Å². The Bertz CT molecular complexity index is 1100. The Hall–Kier alpha value is -3.46. The van der Waals surface area contributed by atoms with Gasteiger partial charge in [-0.05, 0) is 75.3 Å². The molecule has 1 heterocycles. The number of hydrogen-bond donors (Lipinski definition) is 5. The second-order valence-electron chi connectivity index (χ2n) is 10.1. The first kappa shape index (κ1) is 27.1. The van der Waals surface area contributed by atoms with Crippen LogP contribution < -0.4 is 27.8 Å². The maximum Gasteiger partial charge on any atom is 0.319 e. The first-order chi connectivity index (χ1) is 17.1. The van der Waals surface area contributed by atoms with Crippen LogP contribution in [0.1, 0.15) is 63.6 Å². The SMILES string of the molecule is C/C=C(N=C(N)c1cc(NC(=O)NCCC2(C)CC2)cnc1C)/C(/C=C\N)=C/C(N)CC(=O)C1CC1. The summed E-state index contributed by atoms with van der Waals surface area (Å²) in [5, 5.41) is 5.71. The summed E-state index contributed by atoms with van der Waals surface area (Å²) < 4.78 is 0. The van der Waals surface area contributed by atoms with E-state index in [4.69, 9.17) is 17.2 Å². The summed E-state index contributed by atoms with van der Waals surface area (Å²) in [6.07, 6.45) is 13.8. The van der Waals surface area contributed by atoms with Crippen LogP contribution in [-0.2, 0) is 4.79 Å². The van der Waals surface area contributed by atoms with Crippen LogP contribution in [0.15, 0.2) is 53.0 Å². The summed E-state index contributed by atoms with van der Waals surface area (Å²) in [6.45, 7) is 6.51. The number of carbonyl (C=O) groups is 2. The number of anilines is 1. The zero-order valence-corrected chi connectivity index (χ0v) is 21.5. The molecule has 2 aliphatic rings. The quantitative estimate of drug-likeness (QED) is 0.170. The fourth-order valence-corrected chi connectivity index (χ4v) is 3.89. The number of aromatic nitrogens is 1. The molecule has 0 saturated heterocycles. The number of aryl methyl sites for hydroxylation is 1. The number of aliphatic imine (C=N–C) groups is 1. The maximum absolute atomic E-state index is 12.3. The number of hydrogen-bond acceptors (Lipinski definition) is 6. The van der Waals surface area contributed by atoms with Gasteiger partial charge in [0.1, 0.15) is 11.6 Å². The van der Waals surface area contributed by atoms with Gasteiger partial charge >= 0.3 is 6.03 Å². The van der Waals surface area contributed by atoms with E-state index in [1.165, 1.54) is 19.0 Å². The lowest BCUT2D eigenvalue weighted by atomic mass is 10.0. The molecule has 0 aliphatic heterocycles. The van der Waals surface area contributed by atoms with Crippen molar-refractivity contribution in [1.82, 2.24) is 10.3 Å². The van der Waals surface area contributed by atoms with Gasteiger partial charge in [0.05, 0.1) is 17.6 Å². The number of Topliss-reactive ketones (excluding diaryl/α,β-unsaturated/α-hetero) is 1. The molecular weight excluding hydrogens is 454 g/mol. The third kappa shape index (κ3) is 8.05. The van der Waals surface area contributed by atoms with E-state index in [2.05, 4.69) is 27.5 Å². The minimum atomic E-state index is -0.451. The summed E-state index contributed by atoms with van der Waals surface area (Å²) >= 11 is 0. The number of nitrogens with two attached hydrogens (primary N) is 3. The number of pyridine rings is 1. The topological polar surface area (TPSA) is 162 Å². The van der Waals surface area contributed by atoms with Gasteiger partial charge in [-0.3, -0.25) is 9.78 Å². The standard InChI is InChI=1S/C27H39N7O2/c1-4-23(19(7-11-28)13-20(29)14-24(35)18-5-6-18)34-25(30)22-15-21(16-32-17(22)2)33-26(36)31-12-10-27(3)8-9-27/h4,7,11,13,15-16,18,20H,5-6,8-10,12,14,28-29H2,1-3H3,(H2,30,34)(H2,31,33,36)/b11-7-,19-13+,23-4-. The van der Waals surface area contributed by atoms with Crippen LogP contribution >= 0.6 is 0 Å². The van der Waals surface area contributed by atoms with E-state index in [0.717, 1.165) is 19.3 Å². The Kier molecular flexibility index (Phi) is 9.03. The van der Waals surface area contributed by atoms with Gasteiger partial charge in [-0.1, -0.05) is 19.1 Å². The fraction of sp³-hybridized carbons (Fsp3) is 0.481. The number of nitrogens with zero attached hydrogens (tertiary/aromatic N) is 2. The first-order valence-electron chi connectivity index (χ1n) is 12.5. The second kappa shape index (κ2) is 12.0. The molecule has 2 saturated carbocycles. The molecule has 0 radical (unpaired) electrons. The highest BCUT2D eigenvalue weighted by Crippen LogP contribution is 2.47. The summed E-state index contributed by atoms with van der Waals surface area (Å²) in [5.41, 5.74) is 21.7. The number of urea groups is 1. The second-order valence-corrected chi connectivity index (χ2v) is 10.1. The molecule has 9 heteroatoms. The van der Waals surface area contributed by atoms with Gasteiger partial charge in [0.15, 0.2) is 0 Å². The molecule has 1 aromatic rings. The fourth-order valence-electron chi connectivity index (χ4n) is 3.89. The first-order valence-corrected chi connectivity index (χ1v) is 12.5. The molecule has 0 spiro atoms. The molecule has 36 heavy (non-hydrogen) atoms. The molecule has 1 aromatic heterocycles. The van der Waals surface area contributed by atoms with E-state index < -0.39 is 6.04 Å². The van der Waals surface area contributed by atoms with Crippen molar-refractivity contribution in [3.05, 3.63) is 59.2 Å². The van der Waals surface area contributed by atoms with Crippen LogP contribution in [0.5, 0.6) is 0 Å². The van der Waals surface area contributed by atoms with E-state index in [0.29, 0.717) is 40.2 Å². The van der Waals surface area contributed by atoms with Crippen LogP contribution in [0, 0.1) is 18.3 Å². The van der Waals surface area contributed by atoms with Crippen LogP contribution in [0.3, 0.4) is 0 Å². The van der Waals surface area contributed by atoms with Gasteiger partial charge in [-0.2, -0.15) is 0 Å². The maximum atomic E-state index is 12.3. The van der Waals surface area contributed by atoms with E-state index in [1.807, 2.05) is 13.8 Å². The summed E-state index contributed by atoms with van der Waals surface area (Å²) in [4.78, 5) is 33.4. The van der Waals surface area contributed by atoms with Crippen molar-refractivity contribution in [2.24, 2.45) is 33.5 Å². The number of nitrogens with one attached hydrogen (secondary N) is 2. The highest BCUT2D eigenvalue weighted by atomic mass is 16.2. The number of amides is 2. The van der Waals surface area contributed by atoms with Crippen molar-refractivity contribution in [3.8, 4) is 0 Å². The number of amidine groups is 1. The predicted molar refractivity (Wildman–Crippen MR) is 144 cm³/mol. The average Bonchev–Trinajstić information content (AvgIpc) is 3.75. The summed E-state index contributed by atoms with van der Waals surface area (Å²) in [5.74, 6) is 0.585. The molecule has 9 nitrogen and oxygen atoms in total. The van der Waals surface area contributed by atoms with Crippen LogP contribution in [0.4, 0.5) is 10.5 Å². The van der Waals surface area contributed by atoms with E-state index in [9.17, 15) is 9.59 Å². The largest absolute Gasteiger partial charge is 0.405 e. The van der Waals surface area contributed by atoms with Crippen molar-refractivity contribution in [1.29, 1.82) is 0 Å². The smallest absolute Gasteiger partial charge is 0.319 e. The van der Waals surface area contributed by atoms with Crippen molar-refractivity contribution < 1.29 is 9.59 Å². The highest BCUT2D eigenvalue weighted by molar-refractivity contribution is 6.01. The van der Waals surface area contributed by atoms with Gasteiger partial charge in [-0.15, -0.1) is 0 Å². The van der Waals surface area contributed by atoms with E-state index >= 15 is 0 Å². The van der Waals surface area contributed by atoms with Crippen molar-refractivity contribution in [2.75, 3.05) is 11.9 Å². The summed E-state index contributed by atoms with van der Waals surface area (Å²) in [7, 11) is 0. The number of carbonyl (C=O) groups excluding carboxylic acids is 2. The molecule has 1 unspecified atom stereocenters. The van der Waals surface area contributed by atoms with Crippen molar-refractivity contribution in [3.63, 3.8) is 0 Å². The Labute approximate surface area is 213 Å². The molecule has 0 bridgehead atoms. The van der Waals surface area contributed by atoms with Crippen LogP contribution in [0.25, 0.3) is 0 Å². The summed E-state index contributed by atoms with van der Waals surface area (Å²) in [6, 6.07) is 1.01. The van der Waals surface area contributed by atoms with Gasteiger partial charge < -0.3 is 27.8 Å². The third-order valence-corrected chi connectivity index (χ3v) is 6.69. The minimum Gasteiger partial charge on any atom is -0.405 e. The van der Waals surface area contributed by atoms with Gasteiger partial charge in [0.25, 0.3) is 0 Å². The number of ketones is 1. The Balaban J connectivity index is 1.71. The number of rotatable bonds is 12. The molecule has 2 aliphatic carbocycles. The monoisotopic (exact) mass is 493 g/mol. The van der Waals surface area contributed by atoms with E-state index in [1.54, 1.807) is 30.5 Å². The van der Waals surface area contributed by atoms with Gasteiger partial charge in [0.2, 0.25) is 0 Å². The molecule has 8 N–H and O–H groups in total. The van der Waals surface area contributed by atoms with Crippen molar-refractivity contribution >= 4 is 23.3 Å². The third-order valence-electron chi connectivity index (χ3n) is 6.69. The minimum absolute atomic E-state index is 0.160. The molecular formula is C27H39N7O2. The normalized spacial score (nSPS) is 18.7. The molecule has 1 atom stereocenters. The lowest BCUT2D eigenvalue weighted by Gasteiger charge is -2.13. The van der Waals surface area contributed by atoms with Crippen LogP contribution in [0.2, 0.25) is 0 Å². The Morgan fingerprint density at radius 1 is 1.33 bits per heavy atom. The Morgan fingerprint density at radius 3 is 2.67 bits per heavy atom. The zero-order chi connectivity index (χ0) is 26.3. The molecule has 2 amide bonds. The molecule has 0 aromatic carbocycles. The lowest BCUT2D eigenvalue weighted by Crippen LogP contribution is -2.30. The Morgan fingerprint density at radius 2 is 2.06 bits per heavy atom. The molecule has 3 rings (SSSR count). The average molecular weight is 494 g/mol. The van der Waals surface area contributed by atoms with Crippen LogP contribution in [-0.4, -0.2) is 35.2 Å². The zero-order valence-electron chi connectivity index (χ0n) is 21.5. The predicted octanol–water partition coefficient (Wildman–Crippen LogP) is 3.41. The van der Waals surface area contributed by atoms with E-state index in [-0.39, 0.29) is 30.0 Å². The van der Waals surface area contributed by atoms with Crippen molar-refractivity contribution in [2.45, 2.75) is 65.3 Å².